The first-order valence-corrected chi connectivity index (χ1v) is 5.30. The van der Waals surface area contributed by atoms with Gasteiger partial charge in [0.25, 0.3) is 0 Å². The van der Waals surface area contributed by atoms with Gasteiger partial charge in [-0.1, -0.05) is 15.9 Å². The van der Waals surface area contributed by atoms with E-state index in [1.54, 1.807) is 25.1 Å². The average molecular weight is 268 g/mol. The zero-order valence-electron chi connectivity index (χ0n) is 8.29. The summed E-state index contributed by atoms with van der Waals surface area (Å²) in [7, 11) is 0. The number of benzene rings is 1. The van der Waals surface area contributed by atoms with Gasteiger partial charge < -0.3 is 4.74 Å². The lowest BCUT2D eigenvalue weighted by atomic mass is 10.1. The number of nitriles is 1. The number of halogens is 1. The normalized spacial score (nSPS) is 9.40. The number of nitrogens with zero attached hydrogens (tertiary/aromatic N) is 1. The number of carbonyl (C=O) groups is 1. The van der Waals surface area contributed by atoms with Crippen LogP contribution in [0.1, 0.15) is 22.8 Å². The SMILES string of the molecule is CCOC(=O)c1ccc(Br)cc1CC#N. The van der Waals surface area contributed by atoms with Crippen LogP contribution >= 0.6 is 15.9 Å². The van der Waals surface area contributed by atoms with Gasteiger partial charge in [0.2, 0.25) is 0 Å². The van der Waals surface area contributed by atoms with Crippen LogP contribution in [0.3, 0.4) is 0 Å². The van der Waals surface area contributed by atoms with Crippen LogP contribution in [0.25, 0.3) is 0 Å². The van der Waals surface area contributed by atoms with E-state index >= 15 is 0 Å². The molecule has 0 saturated heterocycles. The molecule has 3 nitrogen and oxygen atoms in total. The summed E-state index contributed by atoms with van der Waals surface area (Å²) in [5, 5.41) is 8.63. The van der Waals surface area contributed by atoms with Gasteiger partial charge in [0.15, 0.2) is 0 Å². The van der Waals surface area contributed by atoms with Gasteiger partial charge >= 0.3 is 5.97 Å². The molecule has 15 heavy (non-hydrogen) atoms. The summed E-state index contributed by atoms with van der Waals surface area (Å²) < 4.78 is 5.74. The third kappa shape index (κ3) is 3.07. The van der Waals surface area contributed by atoms with E-state index in [2.05, 4.69) is 15.9 Å². The Hall–Kier alpha value is -1.34. The Bertz CT molecular complexity index is 410. The number of esters is 1. The van der Waals surface area contributed by atoms with Gasteiger partial charge in [-0.25, -0.2) is 4.79 Å². The summed E-state index contributed by atoms with van der Waals surface area (Å²) in [4.78, 5) is 11.5. The summed E-state index contributed by atoms with van der Waals surface area (Å²) in [6.45, 7) is 2.08. The van der Waals surface area contributed by atoms with Crippen molar-refractivity contribution >= 4 is 21.9 Å². The number of hydrogen-bond donors (Lipinski definition) is 0. The Labute approximate surface area is 96.8 Å². The van der Waals surface area contributed by atoms with Crippen molar-refractivity contribution in [3.63, 3.8) is 0 Å². The Morgan fingerprint density at radius 1 is 1.60 bits per heavy atom. The Balaban J connectivity index is 3.06. The first-order valence-electron chi connectivity index (χ1n) is 4.51. The highest BCUT2D eigenvalue weighted by Crippen LogP contribution is 2.18. The summed E-state index contributed by atoms with van der Waals surface area (Å²) in [6, 6.07) is 7.20. The van der Waals surface area contributed by atoms with E-state index in [-0.39, 0.29) is 12.4 Å². The fraction of sp³-hybridized carbons (Fsp3) is 0.273. The Morgan fingerprint density at radius 2 is 2.33 bits per heavy atom. The van der Waals surface area contributed by atoms with Crippen LogP contribution in [0, 0.1) is 11.3 Å². The molecule has 0 aliphatic carbocycles. The molecule has 1 aromatic rings. The molecule has 0 spiro atoms. The number of carbonyl (C=O) groups excluding carboxylic acids is 1. The lowest BCUT2D eigenvalue weighted by Crippen LogP contribution is -2.07. The van der Waals surface area contributed by atoms with Crippen LogP contribution in [0.4, 0.5) is 0 Å². The van der Waals surface area contributed by atoms with Crippen molar-refractivity contribution in [2.75, 3.05) is 6.61 Å². The average Bonchev–Trinajstić information content (AvgIpc) is 2.18. The molecule has 0 aromatic heterocycles. The molecule has 0 aliphatic rings. The second kappa shape index (κ2) is 5.52. The molecule has 78 valence electrons. The van der Waals surface area contributed by atoms with Crippen molar-refractivity contribution in [3.8, 4) is 6.07 Å². The zero-order chi connectivity index (χ0) is 11.3. The molecule has 0 radical (unpaired) electrons. The van der Waals surface area contributed by atoms with Crippen LogP contribution in [0.15, 0.2) is 22.7 Å². The van der Waals surface area contributed by atoms with Crippen LogP contribution in [-0.4, -0.2) is 12.6 Å². The number of hydrogen-bond acceptors (Lipinski definition) is 3. The van der Waals surface area contributed by atoms with Crippen molar-refractivity contribution in [3.05, 3.63) is 33.8 Å². The molecule has 0 saturated carbocycles. The van der Waals surface area contributed by atoms with Gasteiger partial charge in [0.05, 0.1) is 24.7 Å². The molecular formula is C11H10BrNO2. The van der Waals surface area contributed by atoms with E-state index in [4.69, 9.17) is 10.00 Å². The third-order valence-corrected chi connectivity index (χ3v) is 2.33. The highest BCUT2D eigenvalue weighted by atomic mass is 79.9. The highest BCUT2D eigenvalue weighted by molar-refractivity contribution is 9.10. The van der Waals surface area contributed by atoms with Gasteiger partial charge in [-0.2, -0.15) is 5.26 Å². The minimum atomic E-state index is -0.379. The van der Waals surface area contributed by atoms with E-state index in [0.29, 0.717) is 17.7 Å². The van der Waals surface area contributed by atoms with Crippen LogP contribution in [0.5, 0.6) is 0 Å². The first-order chi connectivity index (χ1) is 7.19. The van der Waals surface area contributed by atoms with Gasteiger partial charge in [-0.05, 0) is 30.7 Å². The summed E-state index contributed by atoms with van der Waals surface area (Å²) in [5.41, 5.74) is 1.15. The third-order valence-electron chi connectivity index (χ3n) is 1.83. The van der Waals surface area contributed by atoms with E-state index < -0.39 is 0 Å². The molecule has 0 fully saturated rings. The second-order valence-electron chi connectivity index (χ2n) is 2.86. The van der Waals surface area contributed by atoms with Crippen molar-refractivity contribution in [1.29, 1.82) is 5.26 Å². The van der Waals surface area contributed by atoms with E-state index in [1.807, 2.05) is 6.07 Å². The molecule has 0 unspecified atom stereocenters. The maximum Gasteiger partial charge on any atom is 0.338 e. The molecule has 1 aromatic carbocycles. The van der Waals surface area contributed by atoms with E-state index in [1.165, 1.54) is 0 Å². The maximum absolute atomic E-state index is 11.5. The van der Waals surface area contributed by atoms with E-state index in [9.17, 15) is 4.79 Å². The maximum atomic E-state index is 11.5. The molecule has 0 aliphatic heterocycles. The quantitative estimate of drug-likeness (QED) is 0.792. The van der Waals surface area contributed by atoms with Crippen molar-refractivity contribution < 1.29 is 9.53 Å². The van der Waals surface area contributed by atoms with Gasteiger partial charge in [-0.15, -0.1) is 0 Å². The van der Waals surface area contributed by atoms with Crippen LogP contribution in [-0.2, 0) is 11.2 Å². The molecule has 0 bridgehead atoms. The Morgan fingerprint density at radius 3 is 2.93 bits per heavy atom. The van der Waals surface area contributed by atoms with Crippen molar-refractivity contribution in [2.45, 2.75) is 13.3 Å². The molecular weight excluding hydrogens is 258 g/mol. The van der Waals surface area contributed by atoms with E-state index in [0.717, 1.165) is 4.47 Å². The standard InChI is InChI=1S/C11H10BrNO2/c1-2-15-11(14)10-4-3-9(12)7-8(10)5-6-13/h3-4,7H,2,5H2,1H3. The second-order valence-corrected chi connectivity index (χ2v) is 3.77. The van der Waals surface area contributed by atoms with Gasteiger partial charge in [0, 0.05) is 4.47 Å². The van der Waals surface area contributed by atoms with Crippen molar-refractivity contribution in [2.24, 2.45) is 0 Å². The topological polar surface area (TPSA) is 50.1 Å². The fourth-order valence-corrected chi connectivity index (χ4v) is 1.61. The number of rotatable bonds is 3. The molecule has 1 rings (SSSR count). The lowest BCUT2D eigenvalue weighted by Gasteiger charge is -2.06. The van der Waals surface area contributed by atoms with Gasteiger partial charge in [-0.3, -0.25) is 0 Å². The summed E-state index contributed by atoms with van der Waals surface area (Å²) in [6.07, 6.45) is 0.202. The monoisotopic (exact) mass is 267 g/mol. The molecule has 0 amide bonds. The van der Waals surface area contributed by atoms with Crippen LogP contribution < -0.4 is 0 Å². The van der Waals surface area contributed by atoms with Crippen LogP contribution in [0.2, 0.25) is 0 Å². The largest absolute Gasteiger partial charge is 0.462 e. The Kier molecular flexibility index (Phi) is 4.32. The van der Waals surface area contributed by atoms with Crippen molar-refractivity contribution in [1.82, 2.24) is 0 Å². The first kappa shape index (κ1) is 11.7. The smallest absolute Gasteiger partial charge is 0.338 e. The predicted octanol–water partition coefficient (Wildman–Crippen LogP) is 2.69. The minimum Gasteiger partial charge on any atom is -0.462 e. The molecule has 0 atom stereocenters. The molecule has 4 heteroatoms. The fourth-order valence-electron chi connectivity index (χ4n) is 1.20. The van der Waals surface area contributed by atoms with Gasteiger partial charge in [0.1, 0.15) is 0 Å². The zero-order valence-corrected chi connectivity index (χ0v) is 9.87. The molecule has 0 N–H and O–H groups in total. The number of ether oxygens (including phenoxy) is 1. The predicted molar refractivity (Wildman–Crippen MR) is 59.4 cm³/mol. The summed E-state index contributed by atoms with van der Waals surface area (Å²) in [5.74, 6) is -0.379. The summed E-state index contributed by atoms with van der Waals surface area (Å²) >= 11 is 3.29. The highest BCUT2D eigenvalue weighted by Gasteiger charge is 2.12. The lowest BCUT2D eigenvalue weighted by molar-refractivity contribution is 0.0525. The minimum absolute atomic E-state index is 0.202. The molecule has 0 heterocycles.